The van der Waals surface area contributed by atoms with Gasteiger partial charge in [-0.05, 0) is 31.2 Å². The maximum Gasteiger partial charge on any atom is 1.00 e. The largest absolute Gasteiger partial charge is 1.00 e. The normalized spacial score (nSPS) is 10.9. The van der Waals surface area contributed by atoms with Crippen molar-refractivity contribution in [2.45, 2.75) is 13.5 Å². The molecule has 0 amide bonds. The molecule has 2 rings (SSSR count). The number of benzene rings is 1. The predicted octanol–water partition coefficient (Wildman–Crippen LogP) is 0.167. The fourth-order valence-corrected chi connectivity index (χ4v) is 1.67. The molecule has 1 heterocycles. The molecule has 0 N–H and O–H groups in total. The van der Waals surface area contributed by atoms with Crippen LogP contribution in [0.3, 0.4) is 0 Å². The van der Waals surface area contributed by atoms with Crippen molar-refractivity contribution < 1.29 is 73.5 Å². The van der Waals surface area contributed by atoms with Gasteiger partial charge < -0.3 is 17.7 Å². The van der Waals surface area contributed by atoms with Gasteiger partial charge in [-0.25, -0.2) is 4.39 Å². The zero-order valence-electron chi connectivity index (χ0n) is 11.6. The Morgan fingerprint density at radius 3 is 2.48 bits per heavy atom. The van der Waals surface area contributed by atoms with Crippen LogP contribution in [0.1, 0.15) is 11.4 Å². The summed E-state index contributed by atoms with van der Waals surface area (Å²) in [5, 5.41) is 0. The topological polar surface area (TPSA) is 22.1 Å². The minimum absolute atomic E-state index is 0. The SMILES string of the molecule is Cc1cccc(COc2cc([B-](F)(F)F)ccc2F)n1.[K+]. The molecule has 0 fully saturated rings. The maximum absolute atomic E-state index is 13.4. The minimum atomic E-state index is -5.18. The Labute approximate surface area is 162 Å². The molecule has 0 spiro atoms. The molecular weight excluding hydrogens is 312 g/mol. The molecule has 0 unspecified atom stereocenters. The van der Waals surface area contributed by atoms with E-state index in [4.69, 9.17) is 4.74 Å². The van der Waals surface area contributed by atoms with E-state index < -0.39 is 24.0 Å². The van der Waals surface area contributed by atoms with Gasteiger partial charge in [0.05, 0.1) is 5.69 Å². The zero-order valence-corrected chi connectivity index (χ0v) is 14.7. The van der Waals surface area contributed by atoms with Crippen molar-refractivity contribution in [2.24, 2.45) is 0 Å². The summed E-state index contributed by atoms with van der Waals surface area (Å²) in [5.41, 5.74) is 0.380. The molecule has 0 aliphatic carbocycles. The van der Waals surface area contributed by atoms with Gasteiger partial charge in [-0.3, -0.25) is 4.98 Å². The number of ether oxygens (including phenoxy) is 1. The van der Waals surface area contributed by atoms with Gasteiger partial charge in [-0.1, -0.05) is 12.1 Å². The standard InChI is InChI=1S/C13H11BF4NO.K/c1-9-3-2-4-11(19-9)8-20-13-7-10(14(16,17)18)5-6-12(13)15;/h2-7H,8H2,1H3;/q-1;+1. The van der Waals surface area contributed by atoms with Crippen LogP contribution in [0.25, 0.3) is 0 Å². The molecule has 2 nitrogen and oxygen atoms in total. The van der Waals surface area contributed by atoms with Crippen molar-refractivity contribution in [3.05, 3.63) is 53.6 Å². The molecule has 0 radical (unpaired) electrons. The van der Waals surface area contributed by atoms with Gasteiger partial charge in [-0.2, -0.15) is 0 Å². The van der Waals surface area contributed by atoms with Crippen molar-refractivity contribution in [1.29, 1.82) is 0 Å². The van der Waals surface area contributed by atoms with E-state index in [0.29, 0.717) is 17.8 Å². The Morgan fingerprint density at radius 1 is 1.14 bits per heavy atom. The second-order valence-electron chi connectivity index (χ2n) is 4.32. The van der Waals surface area contributed by atoms with E-state index in [-0.39, 0.29) is 58.0 Å². The Morgan fingerprint density at radius 2 is 1.86 bits per heavy atom. The van der Waals surface area contributed by atoms with E-state index in [1.165, 1.54) is 0 Å². The summed E-state index contributed by atoms with van der Waals surface area (Å²) < 4.78 is 56.3. The van der Waals surface area contributed by atoms with Crippen molar-refractivity contribution in [1.82, 2.24) is 4.98 Å². The molecule has 21 heavy (non-hydrogen) atoms. The summed E-state index contributed by atoms with van der Waals surface area (Å²) in [6.07, 6.45) is 0. The maximum atomic E-state index is 13.4. The summed E-state index contributed by atoms with van der Waals surface area (Å²) >= 11 is 0. The van der Waals surface area contributed by atoms with Crippen molar-refractivity contribution >= 4 is 12.4 Å². The van der Waals surface area contributed by atoms with Crippen LogP contribution in [0.15, 0.2) is 36.4 Å². The van der Waals surface area contributed by atoms with Gasteiger partial charge >= 0.3 is 58.4 Å². The number of hydrogen-bond donors (Lipinski definition) is 0. The number of hydrogen-bond acceptors (Lipinski definition) is 2. The number of pyridine rings is 1. The van der Waals surface area contributed by atoms with Crippen LogP contribution in [0.4, 0.5) is 17.3 Å². The molecule has 1 aromatic carbocycles. The van der Waals surface area contributed by atoms with E-state index in [1.54, 1.807) is 25.1 Å². The number of nitrogens with zero attached hydrogens (tertiary/aromatic N) is 1. The zero-order chi connectivity index (χ0) is 14.8. The summed E-state index contributed by atoms with van der Waals surface area (Å²) in [5.74, 6) is -1.26. The van der Waals surface area contributed by atoms with E-state index in [2.05, 4.69) is 4.98 Å². The first-order valence-corrected chi connectivity index (χ1v) is 5.91. The molecule has 1 aromatic heterocycles. The van der Waals surface area contributed by atoms with Crippen LogP contribution in [0.5, 0.6) is 5.75 Å². The molecule has 0 saturated heterocycles. The average molecular weight is 323 g/mol. The van der Waals surface area contributed by atoms with Crippen LogP contribution in [0.2, 0.25) is 0 Å². The Bertz CT molecular complexity index is 621. The van der Waals surface area contributed by atoms with Crippen molar-refractivity contribution in [3.8, 4) is 5.75 Å². The van der Waals surface area contributed by atoms with E-state index in [9.17, 15) is 17.3 Å². The van der Waals surface area contributed by atoms with E-state index in [0.717, 1.165) is 11.8 Å². The Balaban J connectivity index is 0.00000220. The number of aryl methyl sites for hydroxylation is 1. The van der Waals surface area contributed by atoms with E-state index >= 15 is 0 Å². The molecule has 0 aliphatic rings. The summed E-state index contributed by atoms with van der Waals surface area (Å²) in [7, 11) is 0. The summed E-state index contributed by atoms with van der Waals surface area (Å²) in [6, 6.07) is 7.30. The first-order valence-electron chi connectivity index (χ1n) is 5.91. The molecule has 106 valence electrons. The van der Waals surface area contributed by atoms with E-state index in [1.807, 2.05) is 0 Å². The van der Waals surface area contributed by atoms with Gasteiger partial charge in [0.1, 0.15) is 6.61 Å². The first-order chi connectivity index (χ1) is 9.36. The number of halogens is 4. The van der Waals surface area contributed by atoms with Gasteiger partial charge in [-0.15, -0.1) is 5.46 Å². The number of aromatic nitrogens is 1. The molecule has 2 aromatic rings. The van der Waals surface area contributed by atoms with Crippen LogP contribution < -0.4 is 61.6 Å². The van der Waals surface area contributed by atoms with Gasteiger partial charge in [0.2, 0.25) is 0 Å². The van der Waals surface area contributed by atoms with Crippen LogP contribution >= 0.6 is 0 Å². The van der Waals surface area contributed by atoms with Crippen LogP contribution in [-0.2, 0) is 6.61 Å². The molecule has 0 aliphatic heterocycles. The Hall–Kier alpha value is -0.409. The number of rotatable bonds is 4. The fraction of sp³-hybridized carbons (Fsp3) is 0.154. The quantitative estimate of drug-likeness (QED) is 0.591. The Kier molecular flexibility index (Phi) is 6.86. The second-order valence-corrected chi connectivity index (χ2v) is 4.32. The molecule has 0 saturated carbocycles. The molecule has 8 heteroatoms. The van der Waals surface area contributed by atoms with Crippen molar-refractivity contribution in [2.75, 3.05) is 0 Å². The third kappa shape index (κ3) is 5.37. The average Bonchev–Trinajstić information content (AvgIpc) is 2.36. The second kappa shape index (κ2) is 7.73. The van der Waals surface area contributed by atoms with Crippen molar-refractivity contribution in [3.63, 3.8) is 0 Å². The molecule has 0 bridgehead atoms. The summed E-state index contributed by atoms with van der Waals surface area (Å²) in [4.78, 5) is 4.12. The minimum Gasteiger partial charge on any atom is -0.484 e. The smallest absolute Gasteiger partial charge is 0.484 e. The fourth-order valence-electron chi connectivity index (χ4n) is 1.67. The monoisotopic (exact) mass is 323 g/mol. The third-order valence-corrected chi connectivity index (χ3v) is 2.65. The molecule has 0 atom stereocenters. The molecular formula is C13H11BF4KNO. The van der Waals surface area contributed by atoms with Gasteiger partial charge in [0, 0.05) is 5.69 Å². The van der Waals surface area contributed by atoms with Gasteiger partial charge in [0.25, 0.3) is 0 Å². The third-order valence-electron chi connectivity index (χ3n) is 2.65. The van der Waals surface area contributed by atoms with Crippen LogP contribution in [0, 0.1) is 12.7 Å². The summed E-state index contributed by atoms with van der Waals surface area (Å²) in [6.45, 7) is -3.49. The van der Waals surface area contributed by atoms with Gasteiger partial charge in [0.15, 0.2) is 11.6 Å². The first kappa shape index (κ1) is 18.6. The predicted molar refractivity (Wildman–Crippen MR) is 68.4 cm³/mol. The van der Waals surface area contributed by atoms with Crippen LogP contribution in [-0.4, -0.2) is 12.0 Å².